The quantitative estimate of drug-likeness (QED) is 0.678. The van der Waals surface area contributed by atoms with Gasteiger partial charge in [-0.1, -0.05) is 6.07 Å². The van der Waals surface area contributed by atoms with Crippen LogP contribution < -0.4 is 4.74 Å². The van der Waals surface area contributed by atoms with Gasteiger partial charge < -0.3 is 24.0 Å². The van der Waals surface area contributed by atoms with Crippen molar-refractivity contribution in [3.05, 3.63) is 23.8 Å². The molecule has 31 heavy (non-hydrogen) atoms. The van der Waals surface area contributed by atoms with E-state index in [1.165, 1.54) is 7.11 Å². The van der Waals surface area contributed by atoms with Gasteiger partial charge in [-0.15, -0.1) is 4.21 Å². The molecular formula is C22H32N2O6S. The monoisotopic (exact) mass is 452 g/mol. The largest absolute Gasteiger partial charge is 0.614 e. The highest BCUT2D eigenvalue weighted by atomic mass is 32.3. The van der Waals surface area contributed by atoms with E-state index < -0.39 is 20.2 Å². The third-order valence-electron chi connectivity index (χ3n) is 7.04. The first kappa shape index (κ1) is 22.5. The lowest BCUT2D eigenvalue weighted by molar-refractivity contribution is -0.137. The van der Waals surface area contributed by atoms with Gasteiger partial charge in [0.2, 0.25) is 4.75 Å². The lowest BCUT2D eigenvalue weighted by Crippen LogP contribution is -2.68. The number of nitrogens with zero attached hydrogens (tertiary/aromatic N) is 2. The summed E-state index contributed by atoms with van der Waals surface area (Å²) in [5.41, 5.74) is 0.871. The molecule has 0 bridgehead atoms. The molecule has 1 N–H and O–H groups in total. The molecule has 1 aromatic carbocycles. The standard InChI is InChI=1S/C22H32N2O6S/c1-22(2)21(26)24(12-15-6-8-30-9-7-15)17-13-23(14-20(17)31(22,27)28)11-16-4-5-19(29-3)18(25)10-16/h4-5,10,15,17,20H,6-9,11-14H2,1-3H3,(H-,25,27,28)/t17-,20+/m0/s1. The number of benzene rings is 1. The molecule has 3 atom stereocenters. The number of sulfone groups is 1. The highest BCUT2D eigenvalue weighted by molar-refractivity contribution is 8.00. The van der Waals surface area contributed by atoms with Crippen LogP contribution in [0.15, 0.2) is 18.2 Å². The molecular weight excluding hydrogens is 420 g/mol. The predicted molar refractivity (Wildman–Crippen MR) is 116 cm³/mol. The molecule has 8 nitrogen and oxygen atoms in total. The fourth-order valence-corrected chi connectivity index (χ4v) is 7.25. The van der Waals surface area contributed by atoms with Crippen molar-refractivity contribution in [1.29, 1.82) is 0 Å². The van der Waals surface area contributed by atoms with Crippen molar-refractivity contribution < 1.29 is 28.1 Å². The van der Waals surface area contributed by atoms with E-state index in [2.05, 4.69) is 4.90 Å². The molecule has 4 rings (SSSR count). The highest BCUT2D eigenvalue weighted by Gasteiger charge is 2.63. The first-order chi connectivity index (χ1) is 14.6. The number of fused-ring (bicyclic) bond motifs is 1. The number of hydrogen-bond donors (Lipinski definition) is 1. The van der Waals surface area contributed by atoms with Crippen LogP contribution in [0.4, 0.5) is 0 Å². The van der Waals surface area contributed by atoms with Crippen molar-refractivity contribution in [2.24, 2.45) is 5.92 Å². The van der Waals surface area contributed by atoms with Gasteiger partial charge in [0.15, 0.2) is 16.7 Å². The second-order valence-corrected chi connectivity index (χ2v) is 12.1. The number of amides is 1. The van der Waals surface area contributed by atoms with Gasteiger partial charge in [-0.05, 0) is 50.3 Å². The predicted octanol–water partition coefficient (Wildman–Crippen LogP) is 1.63. The molecule has 0 spiro atoms. The summed E-state index contributed by atoms with van der Waals surface area (Å²) in [6, 6.07) is 4.86. The fourth-order valence-electron chi connectivity index (χ4n) is 5.08. The Hall–Kier alpha value is -1.68. The van der Waals surface area contributed by atoms with Crippen LogP contribution in [0.5, 0.6) is 11.5 Å². The van der Waals surface area contributed by atoms with Crippen LogP contribution in [-0.4, -0.2) is 81.4 Å². The van der Waals surface area contributed by atoms with Crippen LogP contribution in [-0.2, 0) is 30.5 Å². The minimum atomic E-state index is -3.63. The first-order valence-corrected chi connectivity index (χ1v) is 12.4. The zero-order chi connectivity index (χ0) is 22.4. The molecule has 0 aromatic heterocycles. The van der Waals surface area contributed by atoms with E-state index in [9.17, 15) is 18.7 Å². The van der Waals surface area contributed by atoms with Crippen LogP contribution in [0.3, 0.4) is 0 Å². The van der Waals surface area contributed by atoms with Crippen LogP contribution >= 0.6 is 0 Å². The average Bonchev–Trinajstić information content (AvgIpc) is 3.16. The van der Waals surface area contributed by atoms with Gasteiger partial charge in [-0.2, -0.15) is 0 Å². The second-order valence-electron chi connectivity index (χ2n) is 9.37. The van der Waals surface area contributed by atoms with Crippen molar-refractivity contribution in [3.63, 3.8) is 0 Å². The smallest absolute Gasteiger partial charge is 0.278 e. The highest BCUT2D eigenvalue weighted by Crippen LogP contribution is 2.42. The topological polar surface area (TPSA) is 102 Å². The molecule has 9 heteroatoms. The fraction of sp³-hybridized carbons (Fsp3) is 0.682. The van der Waals surface area contributed by atoms with Gasteiger partial charge in [-0.25, -0.2) is 0 Å². The second kappa shape index (κ2) is 8.35. The molecule has 1 unspecified atom stereocenters. The number of likely N-dealkylation sites (tertiary alicyclic amines) is 1. The average molecular weight is 453 g/mol. The van der Waals surface area contributed by atoms with Gasteiger partial charge in [-0.3, -0.25) is 9.69 Å². The van der Waals surface area contributed by atoms with Gasteiger partial charge in [0.25, 0.3) is 5.91 Å². The molecule has 1 amide bonds. The Balaban J connectivity index is 1.56. The zero-order valence-electron chi connectivity index (χ0n) is 18.4. The third-order valence-corrected chi connectivity index (χ3v) is 9.90. The Morgan fingerprint density at radius 2 is 2.00 bits per heavy atom. The minimum Gasteiger partial charge on any atom is -0.614 e. The molecule has 3 fully saturated rings. The van der Waals surface area contributed by atoms with Crippen molar-refractivity contribution >= 4 is 16.1 Å². The lowest BCUT2D eigenvalue weighted by atomic mass is 9.97. The maximum Gasteiger partial charge on any atom is 0.278 e. The van der Waals surface area contributed by atoms with Crippen LogP contribution in [0.1, 0.15) is 32.3 Å². The van der Waals surface area contributed by atoms with Crippen molar-refractivity contribution in [2.75, 3.05) is 40.0 Å². The number of carbonyl (C=O) groups is 1. The molecule has 1 aromatic rings. The molecule has 0 aliphatic carbocycles. The van der Waals surface area contributed by atoms with Gasteiger partial charge >= 0.3 is 0 Å². The molecule has 0 radical (unpaired) electrons. The zero-order valence-corrected chi connectivity index (χ0v) is 19.2. The first-order valence-electron chi connectivity index (χ1n) is 10.9. The summed E-state index contributed by atoms with van der Waals surface area (Å²) in [5, 5.41) is 9.48. The molecule has 0 saturated carbocycles. The normalized spacial score (nSPS) is 31.6. The van der Waals surface area contributed by atoms with E-state index in [0.29, 0.717) is 51.1 Å². The van der Waals surface area contributed by atoms with E-state index in [4.69, 9.17) is 9.47 Å². The number of phenols is 1. The van der Waals surface area contributed by atoms with Crippen LogP contribution in [0.25, 0.3) is 0 Å². The molecule has 172 valence electrons. The summed E-state index contributed by atoms with van der Waals surface area (Å²) >= 11 is 0. The van der Waals surface area contributed by atoms with Crippen molar-refractivity contribution in [1.82, 2.24) is 9.80 Å². The Bertz CT molecular complexity index is 885. The molecule has 3 saturated heterocycles. The van der Waals surface area contributed by atoms with E-state index in [1.807, 2.05) is 11.0 Å². The summed E-state index contributed by atoms with van der Waals surface area (Å²) < 4.78 is 35.8. The van der Waals surface area contributed by atoms with Crippen LogP contribution in [0, 0.1) is 5.92 Å². The van der Waals surface area contributed by atoms with Crippen molar-refractivity contribution in [3.8, 4) is 11.5 Å². The summed E-state index contributed by atoms with van der Waals surface area (Å²) in [7, 11) is -2.14. The Kier molecular flexibility index (Phi) is 6.06. The Labute approximate surface area is 184 Å². The summed E-state index contributed by atoms with van der Waals surface area (Å²) in [4.78, 5) is 17.2. The van der Waals surface area contributed by atoms with E-state index in [-0.39, 0.29) is 17.7 Å². The Morgan fingerprint density at radius 1 is 1.29 bits per heavy atom. The van der Waals surface area contributed by atoms with E-state index in [0.717, 1.165) is 18.4 Å². The van der Waals surface area contributed by atoms with E-state index in [1.54, 1.807) is 26.0 Å². The number of ether oxygens (including phenoxy) is 2. The number of phenolic OH excluding ortho intramolecular Hbond substituents is 1. The maximum atomic E-state index is 13.3. The minimum absolute atomic E-state index is 0.0571. The summed E-state index contributed by atoms with van der Waals surface area (Å²) in [5.74, 6) is 0.504. The number of rotatable bonds is 5. The van der Waals surface area contributed by atoms with Gasteiger partial charge in [0, 0.05) is 39.4 Å². The van der Waals surface area contributed by atoms with Crippen molar-refractivity contribution in [2.45, 2.75) is 49.3 Å². The SMILES string of the molecule is COc1ccc(CN2C[C@@H]3[C@H](C2)N(CC2CCOCC2)C(=O)C(C)(C)[S+]3(=O)[O-])cc1O. The van der Waals surface area contributed by atoms with Gasteiger partial charge in [0.1, 0.15) is 0 Å². The number of carbonyl (C=O) groups excluding carboxylic acids is 1. The lowest BCUT2D eigenvalue weighted by Gasteiger charge is -2.48. The molecule has 3 aliphatic heterocycles. The van der Waals surface area contributed by atoms with Crippen LogP contribution in [0.2, 0.25) is 0 Å². The third kappa shape index (κ3) is 3.97. The summed E-state index contributed by atoms with van der Waals surface area (Å²) in [6.45, 7) is 6.43. The Morgan fingerprint density at radius 3 is 2.65 bits per heavy atom. The number of methoxy groups -OCH3 is 1. The maximum absolute atomic E-state index is 13.3. The van der Waals surface area contributed by atoms with Gasteiger partial charge in [0.05, 0.1) is 23.4 Å². The molecule has 3 heterocycles. The number of aromatic hydroxyl groups is 1. The van der Waals surface area contributed by atoms with E-state index >= 15 is 0 Å². The number of hydrogen-bond acceptors (Lipinski definition) is 7. The molecule has 3 aliphatic rings. The summed E-state index contributed by atoms with van der Waals surface area (Å²) in [6.07, 6.45) is 1.78.